The maximum Gasteiger partial charge on any atom is 0.280 e. The van der Waals surface area contributed by atoms with Crippen LogP contribution in [0.3, 0.4) is 0 Å². The lowest BCUT2D eigenvalue weighted by atomic mass is 10.1. The van der Waals surface area contributed by atoms with Gasteiger partial charge in [-0.15, -0.1) is 11.8 Å². The standard InChI is InChI=1S/C22H19N3O6S/c1-32-21-5-3-2-4-20(21)23-22(26)11-8-15-6-9-18(10-7-15)31-19-13-16(24(27)28)12-17(14-19)25(29)30/h2-7,9-10,12-14H,8,11H2,1H3,(H,23,26). The first-order chi connectivity index (χ1) is 15.4. The molecule has 3 rings (SSSR count). The first kappa shape index (κ1) is 22.8. The number of hydrogen-bond acceptors (Lipinski definition) is 7. The Balaban J connectivity index is 1.61. The van der Waals surface area contributed by atoms with Gasteiger partial charge in [-0.3, -0.25) is 25.0 Å². The highest BCUT2D eigenvalue weighted by Crippen LogP contribution is 2.31. The fourth-order valence-corrected chi connectivity index (χ4v) is 3.47. The molecule has 0 bridgehead atoms. The molecule has 0 fully saturated rings. The van der Waals surface area contributed by atoms with Crippen molar-refractivity contribution in [3.05, 3.63) is 92.5 Å². The summed E-state index contributed by atoms with van der Waals surface area (Å²) in [6, 6.07) is 17.5. The number of carbonyl (C=O) groups is 1. The third-order valence-electron chi connectivity index (χ3n) is 4.48. The Morgan fingerprint density at radius 3 is 2.16 bits per heavy atom. The maximum absolute atomic E-state index is 12.3. The van der Waals surface area contributed by atoms with Gasteiger partial charge in [0.2, 0.25) is 5.91 Å². The molecule has 0 aromatic heterocycles. The van der Waals surface area contributed by atoms with Crippen molar-refractivity contribution in [3.8, 4) is 11.5 Å². The number of ether oxygens (including phenoxy) is 1. The second-order valence-corrected chi connectivity index (χ2v) is 7.54. The topological polar surface area (TPSA) is 125 Å². The molecule has 3 aromatic carbocycles. The molecule has 0 aliphatic rings. The van der Waals surface area contributed by atoms with E-state index in [9.17, 15) is 25.0 Å². The smallest absolute Gasteiger partial charge is 0.280 e. The Morgan fingerprint density at radius 2 is 1.56 bits per heavy atom. The summed E-state index contributed by atoms with van der Waals surface area (Å²) < 4.78 is 5.55. The van der Waals surface area contributed by atoms with E-state index in [1.807, 2.05) is 30.5 Å². The van der Waals surface area contributed by atoms with Gasteiger partial charge in [0.25, 0.3) is 11.4 Å². The third-order valence-corrected chi connectivity index (χ3v) is 5.27. The molecule has 0 unspecified atom stereocenters. The van der Waals surface area contributed by atoms with Gasteiger partial charge in [0.05, 0.1) is 33.7 Å². The summed E-state index contributed by atoms with van der Waals surface area (Å²) in [5.41, 5.74) is 0.815. The number of amides is 1. The largest absolute Gasteiger partial charge is 0.457 e. The molecule has 10 heteroatoms. The van der Waals surface area contributed by atoms with Crippen LogP contribution in [0.1, 0.15) is 12.0 Å². The van der Waals surface area contributed by atoms with Gasteiger partial charge in [0.15, 0.2) is 0 Å². The molecule has 0 heterocycles. The molecular weight excluding hydrogens is 434 g/mol. The highest BCUT2D eigenvalue weighted by molar-refractivity contribution is 7.98. The number of aryl methyl sites for hydroxylation is 1. The van der Waals surface area contributed by atoms with Gasteiger partial charge in [0.1, 0.15) is 11.5 Å². The maximum atomic E-state index is 12.3. The third kappa shape index (κ3) is 6.05. The summed E-state index contributed by atoms with van der Waals surface area (Å²) in [4.78, 5) is 33.8. The zero-order valence-corrected chi connectivity index (χ0v) is 17.8. The van der Waals surface area contributed by atoms with Crippen LogP contribution in [0.4, 0.5) is 17.1 Å². The van der Waals surface area contributed by atoms with Crippen molar-refractivity contribution in [1.82, 2.24) is 0 Å². The lowest BCUT2D eigenvalue weighted by Crippen LogP contribution is -2.12. The molecule has 32 heavy (non-hydrogen) atoms. The molecule has 0 aliphatic carbocycles. The number of rotatable bonds is 9. The van der Waals surface area contributed by atoms with Crippen LogP contribution in [0.25, 0.3) is 0 Å². The van der Waals surface area contributed by atoms with E-state index in [-0.39, 0.29) is 11.7 Å². The monoisotopic (exact) mass is 453 g/mol. The lowest BCUT2D eigenvalue weighted by molar-refractivity contribution is -0.394. The fraction of sp³-hybridized carbons (Fsp3) is 0.136. The Kier molecular flexibility index (Phi) is 7.40. The van der Waals surface area contributed by atoms with Crippen molar-refractivity contribution < 1.29 is 19.4 Å². The van der Waals surface area contributed by atoms with Crippen LogP contribution in [-0.2, 0) is 11.2 Å². The zero-order valence-electron chi connectivity index (χ0n) is 17.0. The predicted molar refractivity (Wildman–Crippen MR) is 121 cm³/mol. The Morgan fingerprint density at radius 1 is 0.938 bits per heavy atom. The number of non-ortho nitro benzene ring substituents is 2. The van der Waals surface area contributed by atoms with Crippen molar-refractivity contribution >= 4 is 34.7 Å². The minimum absolute atomic E-state index is 0.00881. The number of nitro benzene ring substituents is 2. The number of carbonyl (C=O) groups excluding carboxylic acids is 1. The number of nitrogens with one attached hydrogen (secondary N) is 1. The van der Waals surface area contributed by atoms with Crippen LogP contribution in [0.15, 0.2) is 71.6 Å². The van der Waals surface area contributed by atoms with Gasteiger partial charge in [-0.1, -0.05) is 24.3 Å². The van der Waals surface area contributed by atoms with Crippen LogP contribution in [0.5, 0.6) is 11.5 Å². The lowest BCUT2D eigenvalue weighted by Gasteiger charge is -2.10. The van der Waals surface area contributed by atoms with Crippen LogP contribution in [-0.4, -0.2) is 22.0 Å². The number of hydrogen-bond donors (Lipinski definition) is 1. The molecule has 164 valence electrons. The van der Waals surface area contributed by atoms with E-state index in [1.165, 1.54) is 0 Å². The van der Waals surface area contributed by atoms with Gasteiger partial charge >= 0.3 is 0 Å². The minimum Gasteiger partial charge on any atom is -0.457 e. The van der Waals surface area contributed by atoms with E-state index in [4.69, 9.17) is 4.74 Å². The molecule has 0 spiro atoms. The molecular formula is C22H19N3O6S. The Bertz CT molecular complexity index is 1120. The highest BCUT2D eigenvalue weighted by Gasteiger charge is 2.17. The van der Waals surface area contributed by atoms with Crippen molar-refractivity contribution in [2.24, 2.45) is 0 Å². The molecule has 3 aromatic rings. The average Bonchev–Trinajstić information content (AvgIpc) is 2.78. The van der Waals surface area contributed by atoms with Crippen molar-refractivity contribution in [1.29, 1.82) is 0 Å². The van der Waals surface area contributed by atoms with E-state index in [1.54, 1.807) is 36.0 Å². The first-order valence-electron chi connectivity index (χ1n) is 9.49. The van der Waals surface area contributed by atoms with Crippen LogP contribution < -0.4 is 10.1 Å². The number of thioether (sulfide) groups is 1. The molecule has 9 nitrogen and oxygen atoms in total. The molecule has 0 atom stereocenters. The van der Waals surface area contributed by atoms with Crippen LogP contribution in [0, 0.1) is 20.2 Å². The van der Waals surface area contributed by atoms with E-state index >= 15 is 0 Å². The summed E-state index contributed by atoms with van der Waals surface area (Å²) in [6.07, 6.45) is 2.75. The van der Waals surface area contributed by atoms with Crippen molar-refractivity contribution in [3.63, 3.8) is 0 Å². The molecule has 0 aliphatic heterocycles. The summed E-state index contributed by atoms with van der Waals surface area (Å²) in [7, 11) is 0. The van der Waals surface area contributed by atoms with Gasteiger partial charge in [-0.25, -0.2) is 0 Å². The summed E-state index contributed by atoms with van der Waals surface area (Å²) in [5, 5.41) is 24.9. The summed E-state index contributed by atoms with van der Waals surface area (Å²) >= 11 is 1.56. The molecule has 0 saturated heterocycles. The van der Waals surface area contributed by atoms with E-state index in [0.29, 0.717) is 18.6 Å². The minimum atomic E-state index is -0.717. The molecule has 1 amide bonds. The van der Waals surface area contributed by atoms with E-state index < -0.39 is 21.2 Å². The van der Waals surface area contributed by atoms with Crippen LogP contribution in [0.2, 0.25) is 0 Å². The second-order valence-electron chi connectivity index (χ2n) is 6.69. The van der Waals surface area contributed by atoms with Crippen LogP contribution >= 0.6 is 11.8 Å². The second kappa shape index (κ2) is 10.4. The number of para-hydroxylation sites is 1. The summed E-state index contributed by atoms with van der Waals surface area (Å²) in [5.74, 6) is 0.253. The van der Waals surface area contributed by atoms with E-state index in [2.05, 4.69) is 5.32 Å². The molecule has 0 saturated carbocycles. The highest BCUT2D eigenvalue weighted by atomic mass is 32.2. The average molecular weight is 453 g/mol. The Labute approximate surface area is 187 Å². The van der Waals surface area contributed by atoms with Gasteiger partial charge < -0.3 is 10.1 Å². The Hall–Kier alpha value is -3.92. The number of nitro groups is 2. The van der Waals surface area contributed by atoms with E-state index in [0.717, 1.165) is 34.3 Å². The first-order valence-corrected chi connectivity index (χ1v) is 10.7. The normalized spacial score (nSPS) is 10.4. The quantitative estimate of drug-likeness (QED) is 0.254. The van der Waals surface area contributed by atoms with Gasteiger partial charge in [-0.05, 0) is 42.5 Å². The molecule has 0 radical (unpaired) electrons. The number of benzene rings is 3. The summed E-state index contributed by atoms with van der Waals surface area (Å²) in [6.45, 7) is 0. The van der Waals surface area contributed by atoms with Crippen molar-refractivity contribution in [2.75, 3.05) is 11.6 Å². The molecule has 1 N–H and O–H groups in total. The van der Waals surface area contributed by atoms with Gasteiger partial charge in [-0.2, -0.15) is 0 Å². The predicted octanol–water partition coefficient (Wildman–Crippen LogP) is 5.59. The number of anilines is 1. The van der Waals surface area contributed by atoms with Crippen molar-refractivity contribution in [2.45, 2.75) is 17.7 Å². The number of nitrogens with zero attached hydrogens (tertiary/aromatic N) is 2. The van der Waals surface area contributed by atoms with Gasteiger partial charge in [0, 0.05) is 11.3 Å². The zero-order chi connectivity index (χ0) is 23.1. The fourth-order valence-electron chi connectivity index (χ4n) is 2.92. The SMILES string of the molecule is CSc1ccccc1NC(=O)CCc1ccc(Oc2cc([N+](=O)[O-])cc([N+](=O)[O-])c2)cc1.